The third-order valence-electron chi connectivity index (χ3n) is 6.53. The number of carbonyl (C=O) groups excluding carboxylic acids is 1. The predicted octanol–water partition coefficient (Wildman–Crippen LogP) is 5.17. The van der Waals surface area contributed by atoms with E-state index in [-0.39, 0.29) is 11.9 Å². The van der Waals surface area contributed by atoms with Crippen molar-refractivity contribution >= 4 is 17.5 Å². The Morgan fingerprint density at radius 1 is 1.06 bits per heavy atom. The molecule has 2 heterocycles. The molecular weight excluding hydrogens is 448 g/mol. The van der Waals surface area contributed by atoms with E-state index in [0.717, 1.165) is 24.4 Å². The highest BCUT2D eigenvalue weighted by Gasteiger charge is 2.25. The number of aromatic nitrogens is 2. The second-order valence-electron chi connectivity index (χ2n) is 8.99. The van der Waals surface area contributed by atoms with Gasteiger partial charge < -0.3 is 10.1 Å². The fraction of sp³-hybridized carbons (Fsp3) is 0.407. The van der Waals surface area contributed by atoms with Crippen LogP contribution in [0.15, 0.2) is 48.5 Å². The molecule has 0 unspecified atom stereocenters. The Morgan fingerprint density at radius 3 is 2.38 bits per heavy atom. The SMILES string of the molecule is COc1ccc([C@H](CNC(=O)c2c(C)nn(Cc3ccc(C)cc3)c2Cl)N2CCCCC2)cc1. The number of halogens is 1. The molecule has 34 heavy (non-hydrogen) atoms. The molecule has 4 rings (SSSR count). The smallest absolute Gasteiger partial charge is 0.256 e. The van der Waals surface area contributed by atoms with E-state index in [1.807, 2.05) is 19.1 Å². The first-order chi connectivity index (χ1) is 16.5. The van der Waals surface area contributed by atoms with E-state index in [1.54, 1.807) is 11.8 Å². The normalized spacial score (nSPS) is 15.2. The number of ether oxygens (including phenoxy) is 1. The van der Waals surface area contributed by atoms with Gasteiger partial charge >= 0.3 is 0 Å². The van der Waals surface area contributed by atoms with Crippen LogP contribution in [0, 0.1) is 13.8 Å². The van der Waals surface area contributed by atoms with Gasteiger partial charge in [-0.3, -0.25) is 9.69 Å². The van der Waals surface area contributed by atoms with Crippen LogP contribution in [-0.4, -0.2) is 47.3 Å². The molecule has 0 aliphatic carbocycles. The van der Waals surface area contributed by atoms with Gasteiger partial charge in [-0.1, -0.05) is 60.0 Å². The number of piperidine rings is 1. The fourth-order valence-corrected chi connectivity index (χ4v) is 4.89. The number of carbonyl (C=O) groups is 1. The van der Waals surface area contributed by atoms with Crippen LogP contribution in [0.5, 0.6) is 5.75 Å². The van der Waals surface area contributed by atoms with Gasteiger partial charge in [0.1, 0.15) is 10.9 Å². The minimum atomic E-state index is -0.187. The lowest BCUT2D eigenvalue weighted by molar-refractivity contribution is 0.0924. The molecule has 1 saturated heterocycles. The summed E-state index contributed by atoms with van der Waals surface area (Å²) in [4.78, 5) is 15.7. The highest BCUT2D eigenvalue weighted by Crippen LogP contribution is 2.27. The van der Waals surface area contributed by atoms with Crippen molar-refractivity contribution in [3.63, 3.8) is 0 Å². The topological polar surface area (TPSA) is 59.4 Å². The first-order valence-corrected chi connectivity index (χ1v) is 12.3. The van der Waals surface area contributed by atoms with E-state index in [1.165, 1.54) is 30.4 Å². The number of methoxy groups -OCH3 is 1. The summed E-state index contributed by atoms with van der Waals surface area (Å²) in [5.74, 6) is 0.641. The Labute approximate surface area is 206 Å². The van der Waals surface area contributed by atoms with Crippen molar-refractivity contribution in [2.24, 2.45) is 0 Å². The summed E-state index contributed by atoms with van der Waals surface area (Å²) in [6, 6.07) is 16.5. The van der Waals surface area contributed by atoms with Crippen molar-refractivity contribution in [3.05, 3.63) is 81.6 Å². The molecule has 1 atom stereocenters. The first kappa shape index (κ1) is 24.3. The molecule has 1 N–H and O–H groups in total. The third kappa shape index (κ3) is 5.62. The summed E-state index contributed by atoms with van der Waals surface area (Å²) in [7, 11) is 1.67. The lowest BCUT2D eigenvalue weighted by Crippen LogP contribution is -2.40. The van der Waals surface area contributed by atoms with E-state index in [4.69, 9.17) is 16.3 Å². The number of nitrogens with one attached hydrogen (secondary N) is 1. The molecular formula is C27H33ClN4O2. The van der Waals surface area contributed by atoms with E-state index < -0.39 is 0 Å². The highest BCUT2D eigenvalue weighted by atomic mass is 35.5. The Morgan fingerprint density at radius 2 is 1.74 bits per heavy atom. The van der Waals surface area contributed by atoms with Gasteiger partial charge in [0, 0.05) is 6.54 Å². The maximum Gasteiger partial charge on any atom is 0.256 e. The lowest BCUT2D eigenvalue weighted by atomic mass is 10.0. The van der Waals surface area contributed by atoms with Crippen LogP contribution < -0.4 is 10.1 Å². The maximum atomic E-state index is 13.2. The van der Waals surface area contributed by atoms with Gasteiger partial charge in [0.2, 0.25) is 0 Å². The molecule has 1 aromatic heterocycles. The molecule has 1 aliphatic rings. The van der Waals surface area contributed by atoms with Gasteiger partial charge in [-0.15, -0.1) is 0 Å². The van der Waals surface area contributed by atoms with Crippen LogP contribution in [0.25, 0.3) is 0 Å². The standard InChI is InChI=1S/C27H33ClN4O2/c1-19-7-9-21(10-8-19)18-32-26(28)25(20(2)30-32)27(33)29-17-24(31-15-5-4-6-16-31)22-11-13-23(34-3)14-12-22/h7-14,24H,4-6,15-18H2,1-3H3,(H,29,33)/t24-/m0/s1. The molecule has 0 bridgehead atoms. The Hall–Kier alpha value is -2.83. The van der Waals surface area contributed by atoms with Crippen LogP contribution in [0.1, 0.15) is 58.0 Å². The van der Waals surface area contributed by atoms with Crippen molar-refractivity contribution in [2.45, 2.75) is 45.7 Å². The van der Waals surface area contributed by atoms with Gasteiger partial charge in [-0.2, -0.15) is 5.10 Å². The summed E-state index contributed by atoms with van der Waals surface area (Å²) in [6.07, 6.45) is 3.61. The van der Waals surface area contributed by atoms with E-state index in [0.29, 0.717) is 29.5 Å². The number of benzene rings is 2. The number of likely N-dealkylation sites (tertiary alicyclic amines) is 1. The average molecular weight is 481 g/mol. The van der Waals surface area contributed by atoms with Gasteiger partial charge in [0.25, 0.3) is 5.91 Å². The summed E-state index contributed by atoms with van der Waals surface area (Å²) in [5, 5.41) is 8.05. The minimum Gasteiger partial charge on any atom is -0.497 e. The summed E-state index contributed by atoms with van der Waals surface area (Å²) >= 11 is 6.64. The Bertz CT molecular complexity index is 1100. The first-order valence-electron chi connectivity index (χ1n) is 11.9. The number of amides is 1. The van der Waals surface area contributed by atoms with Crippen LogP contribution in [0.2, 0.25) is 5.15 Å². The number of rotatable bonds is 8. The quantitative estimate of drug-likeness (QED) is 0.483. The fourth-order valence-electron chi connectivity index (χ4n) is 4.57. The monoisotopic (exact) mass is 480 g/mol. The average Bonchev–Trinajstić information content (AvgIpc) is 3.14. The molecule has 3 aromatic rings. The zero-order chi connectivity index (χ0) is 24.1. The number of hydrogen-bond acceptors (Lipinski definition) is 4. The molecule has 0 saturated carbocycles. The Kier molecular flexibility index (Phi) is 7.91. The van der Waals surface area contributed by atoms with E-state index >= 15 is 0 Å². The molecule has 1 fully saturated rings. The van der Waals surface area contributed by atoms with Gasteiger partial charge in [-0.05, 0) is 63.0 Å². The largest absolute Gasteiger partial charge is 0.497 e. The van der Waals surface area contributed by atoms with Crippen molar-refractivity contribution in [3.8, 4) is 5.75 Å². The molecule has 1 aliphatic heterocycles. The molecule has 6 nitrogen and oxygen atoms in total. The zero-order valence-corrected chi connectivity index (χ0v) is 20.9. The molecule has 2 aromatic carbocycles. The molecule has 1 amide bonds. The molecule has 0 spiro atoms. The van der Waals surface area contributed by atoms with Crippen LogP contribution in [0.3, 0.4) is 0 Å². The predicted molar refractivity (Wildman–Crippen MR) is 136 cm³/mol. The van der Waals surface area contributed by atoms with Crippen molar-refractivity contribution in [1.29, 1.82) is 0 Å². The number of hydrogen-bond donors (Lipinski definition) is 1. The second kappa shape index (κ2) is 11.1. The van der Waals surface area contributed by atoms with E-state index in [2.05, 4.69) is 58.6 Å². The Balaban J connectivity index is 1.49. The highest BCUT2D eigenvalue weighted by molar-refractivity contribution is 6.33. The lowest BCUT2D eigenvalue weighted by Gasteiger charge is -2.35. The van der Waals surface area contributed by atoms with Crippen LogP contribution in [-0.2, 0) is 6.54 Å². The van der Waals surface area contributed by atoms with Gasteiger partial charge in [-0.25, -0.2) is 4.68 Å². The summed E-state index contributed by atoms with van der Waals surface area (Å²) in [6.45, 7) is 6.97. The second-order valence-corrected chi connectivity index (χ2v) is 9.35. The van der Waals surface area contributed by atoms with Crippen LogP contribution in [0.4, 0.5) is 0 Å². The number of nitrogens with zero attached hydrogens (tertiary/aromatic N) is 3. The summed E-state index contributed by atoms with van der Waals surface area (Å²) in [5.41, 5.74) is 4.54. The van der Waals surface area contributed by atoms with E-state index in [9.17, 15) is 4.79 Å². The zero-order valence-electron chi connectivity index (χ0n) is 20.2. The van der Waals surface area contributed by atoms with Crippen molar-refractivity contribution < 1.29 is 9.53 Å². The third-order valence-corrected chi connectivity index (χ3v) is 6.92. The van der Waals surface area contributed by atoms with Gasteiger partial charge in [0.05, 0.1) is 31.0 Å². The summed E-state index contributed by atoms with van der Waals surface area (Å²) < 4.78 is 7.02. The van der Waals surface area contributed by atoms with Crippen molar-refractivity contribution in [1.82, 2.24) is 20.0 Å². The minimum absolute atomic E-state index is 0.0943. The maximum absolute atomic E-state index is 13.2. The molecule has 180 valence electrons. The van der Waals surface area contributed by atoms with Gasteiger partial charge in [0.15, 0.2) is 0 Å². The molecule has 7 heteroatoms. The van der Waals surface area contributed by atoms with Crippen LogP contribution >= 0.6 is 11.6 Å². The number of aryl methyl sites for hydroxylation is 2. The molecule has 0 radical (unpaired) electrons. The van der Waals surface area contributed by atoms with Crippen molar-refractivity contribution in [2.75, 3.05) is 26.7 Å².